The highest BCUT2D eigenvalue weighted by atomic mass is 16.6. The Balaban J connectivity index is 0.000000209. The van der Waals surface area contributed by atoms with Crippen LogP contribution in [-0.4, -0.2) is 36.5 Å². The lowest BCUT2D eigenvalue weighted by atomic mass is 10.2. The first-order valence-corrected chi connectivity index (χ1v) is 5.11. The van der Waals surface area contributed by atoms with Gasteiger partial charge in [0.1, 0.15) is 5.76 Å². The molecular formula is C11H14O6. The highest BCUT2D eigenvalue weighted by Crippen LogP contribution is 2.26. The number of hydrogen-bond donors (Lipinski definition) is 1. The van der Waals surface area contributed by atoms with Crippen LogP contribution in [0, 0.1) is 0 Å². The molecule has 0 fully saturated rings. The Labute approximate surface area is 98.5 Å². The van der Waals surface area contributed by atoms with E-state index in [2.05, 4.69) is 4.74 Å². The fraction of sp³-hybridized carbons (Fsp3) is 0.455. The van der Waals surface area contributed by atoms with Crippen molar-refractivity contribution in [2.45, 2.75) is 20.1 Å². The largest absolute Gasteiger partial charge is 0.466 e. The molecule has 0 aromatic carbocycles. The SMILES string of the molecule is CCOC(C)=O.O=C1C=C2C(=CCOC2O)O1. The highest BCUT2D eigenvalue weighted by Gasteiger charge is 2.28. The number of carbonyl (C=O) groups is 2. The van der Waals surface area contributed by atoms with Gasteiger partial charge in [0.2, 0.25) is 0 Å². The highest BCUT2D eigenvalue weighted by molar-refractivity contribution is 5.88. The third-order valence-electron chi connectivity index (χ3n) is 1.90. The summed E-state index contributed by atoms with van der Waals surface area (Å²) in [6.45, 7) is 3.93. The molecule has 0 aromatic rings. The smallest absolute Gasteiger partial charge is 0.336 e. The van der Waals surface area contributed by atoms with E-state index < -0.39 is 12.3 Å². The van der Waals surface area contributed by atoms with Crippen LogP contribution in [0.25, 0.3) is 0 Å². The molecule has 0 aromatic heterocycles. The number of hydrogen-bond acceptors (Lipinski definition) is 6. The molecule has 0 bridgehead atoms. The lowest BCUT2D eigenvalue weighted by molar-refractivity contribution is -0.140. The van der Waals surface area contributed by atoms with E-state index in [0.717, 1.165) is 0 Å². The standard InChI is InChI=1S/C7H6O4.C4H8O2/c8-6-3-4-5(11-6)1-2-10-7(4)9;1-3-6-4(2)5/h1,3,7,9H,2H2;3H2,1-2H3. The summed E-state index contributed by atoms with van der Waals surface area (Å²) in [5.41, 5.74) is 0.418. The Bertz CT molecular complexity index is 368. The first-order chi connectivity index (χ1) is 8.04. The van der Waals surface area contributed by atoms with Gasteiger partial charge in [0, 0.05) is 13.0 Å². The molecule has 0 saturated heterocycles. The van der Waals surface area contributed by atoms with Gasteiger partial charge in [-0.3, -0.25) is 4.79 Å². The molecule has 17 heavy (non-hydrogen) atoms. The first kappa shape index (κ1) is 13.4. The van der Waals surface area contributed by atoms with Crippen molar-refractivity contribution in [3.63, 3.8) is 0 Å². The molecule has 94 valence electrons. The van der Waals surface area contributed by atoms with E-state index in [9.17, 15) is 9.59 Å². The molecule has 2 rings (SSSR count). The second kappa shape index (κ2) is 6.17. The summed E-state index contributed by atoms with van der Waals surface area (Å²) < 4.78 is 13.9. The Morgan fingerprint density at radius 3 is 2.82 bits per heavy atom. The van der Waals surface area contributed by atoms with Crippen molar-refractivity contribution in [1.82, 2.24) is 0 Å². The molecule has 0 aliphatic carbocycles. The summed E-state index contributed by atoms with van der Waals surface area (Å²) in [5, 5.41) is 9.13. The minimum Gasteiger partial charge on any atom is -0.466 e. The number of esters is 2. The molecule has 6 heteroatoms. The van der Waals surface area contributed by atoms with E-state index in [1.165, 1.54) is 13.0 Å². The number of aliphatic hydroxyl groups excluding tert-OH is 1. The summed E-state index contributed by atoms with van der Waals surface area (Å²) in [7, 11) is 0. The predicted molar refractivity (Wildman–Crippen MR) is 56.5 cm³/mol. The maximum atomic E-state index is 10.6. The van der Waals surface area contributed by atoms with Gasteiger partial charge in [0.25, 0.3) is 0 Å². The number of carbonyl (C=O) groups excluding carboxylic acids is 2. The van der Waals surface area contributed by atoms with Crippen LogP contribution in [0.15, 0.2) is 23.5 Å². The van der Waals surface area contributed by atoms with Gasteiger partial charge in [-0.25, -0.2) is 4.79 Å². The second-order valence-corrected chi connectivity index (χ2v) is 3.20. The normalized spacial score (nSPS) is 21.4. The van der Waals surface area contributed by atoms with Crippen molar-refractivity contribution in [1.29, 1.82) is 0 Å². The van der Waals surface area contributed by atoms with Gasteiger partial charge in [0.05, 0.1) is 18.8 Å². The number of ether oxygens (including phenoxy) is 3. The lowest BCUT2D eigenvalue weighted by Gasteiger charge is -2.16. The molecule has 1 N–H and O–H groups in total. The molecule has 0 spiro atoms. The van der Waals surface area contributed by atoms with E-state index in [1.807, 2.05) is 0 Å². The van der Waals surface area contributed by atoms with Gasteiger partial charge in [-0.15, -0.1) is 0 Å². The fourth-order valence-electron chi connectivity index (χ4n) is 1.26. The molecular weight excluding hydrogens is 228 g/mol. The number of fused-ring (bicyclic) bond motifs is 1. The molecule has 0 amide bonds. The van der Waals surface area contributed by atoms with E-state index in [0.29, 0.717) is 17.9 Å². The van der Waals surface area contributed by atoms with E-state index >= 15 is 0 Å². The molecule has 1 atom stereocenters. The van der Waals surface area contributed by atoms with Crippen molar-refractivity contribution < 1.29 is 28.9 Å². The van der Waals surface area contributed by atoms with Crippen LogP contribution < -0.4 is 0 Å². The van der Waals surface area contributed by atoms with Gasteiger partial charge in [-0.2, -0.15) is 0 Å². The van der Waals surface area contributed by atoms with E-state index in [1.54, 1.807) is 13.0 Å². The van der Waals surface area contributed by atoms with Crippen molar-refractivity contribution in [2.75, 3.05) is 13.2 Å². The quantitative estimate of drug-likeness (QED) is 0.665. The summed E-state index contributed by atoms with van der Waals surface area (Å²) in [5.74, 6) is -0.234. The third-order valence-corrected chi connectivity index (χ3v) is 1.90. The van der Waals surface area contributed by atoms with Crippen molar-refractivity contribution in [3.8, 4) is 0 Å². The summed E-state index contributed by atoms with van der Waals surface area (Å²) in [6.07, 6.45) is 1.83. The van der Waals surface area contributed by atoms with Crippen molar-refractivity contribution in [3.05, 3.63) is 23.5 Å². The summed E-state index contributed by atoms with van der Waals surface area (Å²) >= 11 is 0. The average molecular weight is 242 g/mol. The Hall–Kier alpha value is -1.66. The maximum absolute atomic E-state index is 10.6. The number of aliphatic hydroxyl groups is 1. The average Bonchev–Trinajstić information content (AvgIpc) is 2.61. The van der Waals surface area contributed by atoms with Crippen LogP contribution in [0.4, 0.5) is 0 Å². The van der Waals surface area contributed by atoms with E-state index in [4.69, 9.17) is 14.6 Å². The molecule has 0 radical (unpaired) electrons. The third kappa shape index (κ3) is 4.01. The Kier molecular flexibility index (Phi) is 4.86. The zero-order valence-corrected chi connectivity index (χ0v) is 9.63. The van der Waals surface area contributed by atoms with Crippen LogP contribution in [0.3, 0.4) is 0 Å². The van der Waals surface area contributed by atoms with Crippen LogP contribution in [0.5, 0.6) is 0 Å². The van der Waals surface area contributed by atoms with Crippen molar-refractivity contribution >= 4 is 11.9 Å². The van der Waals surface area contributed by atoms with Crippen LogP contribution in [-0.2, 0) is 23.8 Å². The lowest BCUT2D eigenvalue weighted by Crippen LogP contribution is -2.19. The van der Waals surface area contributed by atoms with Gasteiger partial charge < -0.3 is 19.3 Å². The molecule has 2 heterocycles. The van der Waals surface area contributed by atoms with Gasteiger partial charge >= 0.3 is 11.9 Å². The Morgan fingerprint density at radius 2 is 2.35 bits per heavy atom. The zero-order valence-electron chi connectivity index (χ0n) is 9.63. The van der Waals surface area contributed by atoms with Gasteiger partial charge in [0.15, 0.2) is 6.29 Å². The van der Waals surface area contributed by atoms with Gasteiger partial charge in [-0.05, 0) is 13.0 Å². The fourth-order valence-corrected chi connectivity index (χ4v) is 1.26. The zero-order chi connectivity index (χ0) is 12.8. The second-order valence-electron chi connectivity index (χ2n) is 3.20. The molecule has 6 nitrogen and oxygen atoms in total. The van der Waals surface area contributed by atoms with Crippen LogP contribution >= 0.6 is 0 Å². The topological polar surface area (TPSA) is 82.1 Å². The predicted octanol–water partition coefficient (Wildman–Crippen LogP) is 0.272. The summed E-state index contributed by atoms with van der Waals surface area (Å²) in [4.78, 5) is 20.5. The van der Waals surface area contributed by atoms with Crippen molar-refractivity contribution in [2.24, 2.45) is 0 Å². The molecule has 0 saturated carbocycles. The summed E-state index contributed by atoms with van der Waals surface area (Å²) in [6, 6.07) is 0. The first-order valence-electron chi connectivity index (χ1n) is 5.11. The molecule has 2 aliphatic heterocycles. The molecule has 2 aliphatic rings. The van der Waals surface area contributed by atoms with Crippen LogP contribution in [0.2, 0.25) is 0 Å². The minimum absolute atomic E-state index is 0.211. The van der Waals surface area contributed by atoms with Crippen LogP contribution in [0.1, 0.15) is 13.8 Å². The van der Waals surface area contributed by atoms with E-state index in [-0.39, 0.29) is 12.6 Å². The number of rotatable bonds is 1. The maximum Gasteiger partial charge on any atom is 0.336 e. The Morgan fingerprint density at radius 1 is 1.65 bits per heavy atom. The van der Waals surface area contributed by atoms with Gasteiger partial charge in [-0.1, -0.05) is 0 Å². The molecule has 1 unspecified atom stereocenters. The minimum atomic E-state index is -1.01. The monoisotopic (exact) mass is 242 g/mol.